The van der Waals surface area contributed by atoms with Crippen molar-refractivity contribution in [2.45, 2.75) is 6.54 Å². The molecule has 0 amide bonds. The topological polar surface area (TPSA) is 63.8 Å². The van der Waals surface area contributed by atoms with Gasteiger partial charge in [-0.1, -0.05) is 6.07 Å². The van der Waals surface area contributed by atoms with Gasteiger partial charge in [-0.05, 0) is 29.8 Å². The Balaban J connectivity index is 1.70. The summed E-state index contributed by atoms with van der Waals surface area (Å²) in [6.07, 6.45) is 3.48. The summed E-state index contributed by atoms with van der Waals surface area (Å²) < 4.78 is 13.0. The number of pyridine rings is 1. The van der Waals surface area contributed by atoms with Crippen LogP contribution >= 0.6 is 11.3 Å². The highest BCUT2D eigenvalue weighted by Crippen LogP contribution is 2.25. The third kappa shape index (κ3) is 3.17. The maximum Gasteiger partial charge on any atom is 0.138 e. The molecule has 0 aliphatic carbocycles. The van der Waals surface area contributed by atoms with Crippen molar-refractivity contribution < 1.29 is 4.39 Å². The molecule has 0 fully saturated rings. The fraction of sp³-hybridized carbons (Fsp3) is 0.0667. The van der Waals surface area contributed by atoms with E-state index in [1.165, 1.54) is 12.1 Å². The van der Waals surface area contributed by atoms with Crippen LogP contribution in [0.25, 0.3) is 10.6 Å². The minimum absolute atomic E-state index is 0.329. The van der Waals surface area contributed by atoms with Gasteiger partial charge in [0.15, 0.2) is 0 Å². The quantitative estimate of drug-likeness (QED) is 0.723. The van der Waals surface area contributed by atoms with E-state index < -0.39 is 0 Å². The minimum atomic E-state index is -0.329. The van der Waals surface area contributed by atoms with Gasteiger partial charge >= 0.3 is 0 Å². The zero-order chi connectivity index (χ0) is 14.7. The van der Waals surface area contributed by atoms with E-state index in [2.05, 4.69) is 15.3 Å². The highest BCUT2D eigenvalue weighted by atomic mass is 32.1. The Kier molecular flexibility index (Phi) is 3.79. The summed E-state index contributed by atoms with van der Waals surface area (Å²) in [5.74, 6) is 0.445. The van der Waals surface area contributed by atoms with E-state index in [1.807, 2.05) is 17.5 Å². The molecule has 0 bridgehead atoms. The molecular formula is C15H13FN4S. The highest BCUT2D eigenvalue weighted by Gasteiger charge is 2.05. The summed E-state index contributed by atoms with van der Waals surface area (Å²) >= 11 is 1.55. The normalized spacial score (nSPS) is 10.5. The van der Waals surface area contributed by atoms with Gasteiger partial charge in [-0.25, -0.2) is 9.37 Å². The molecule has 4 nitrogen and oxygen atoms in total. The predicted molar refractivity (Wildman–Crippen MR) is 83.5 cm³/mol. The molecule has 0 saturated carbocycles. The number of rotatable bonds is 4. The number of halogens is 1. The van der Waals surface area contributed by atoms with Crippen LogP contribution in [0.3, 0.4) is 0 Å². The molecule has 0 spiro atoms. The van der Waals surface area contributed by atoms with Crippen molar-refractivity contribution in [3.8, 4) is 10.6 Å². The van der Waals surface area contributed by atoms with Gasteiger partial charge < -0.3 is 11.1 Å². The second kappa shape index (κ2) is 5.88. The lowest BCUT2D eigenvalue weighted by molar-refractivity contribution is 0.628. The van der Waals surface area contributed by atoms with Gasteiger partial charge in [0.05, 0.1) is 0 Å². The first-order valence-electron chi connectivity index (χ1n) is 6.36. The molecule has 0 aliphatic heterocycles. The molecule has 0 unspecified atom stereocenters. The number of anilines is 2. The lowest BCUT2D eigenvalue weighted by atomic mass is 10.2. The first-order valence-corrected chi connectivity index (χ1v) is 7.24. The molecule has 0 atom stereocenters. The Hall–Kier alpha value is -2.47. The van der Waals surface area contributed by atoms with Gasteiger partial charge in [0, 0.05) is 35.6 Å². The van der Waals surface area contributed by atoms with Crippen molar-refractivity contribution in [1.29, 1.82) is 0 Å². The maximum absolute atomic E-state index is 13.0. The summed E-state index contributed by atoms with van der Waals surface area (Å²) in [6.45, 7) is 0.506. The fourth-order valence-corrected chi connectivity index (χ4v) is 2.68. The molecule has 0 aliphatic rings. The standard InChI is InChI=1S/C15H13FN4S/c16-12-2-1-11(13(17)7-12)8-19-14-9-21-15(20-14)10-3-5-18-6-4-10/h1-7,9,19H,8,17H2. The van der Waals surface area contributed by atoms with Gasteiger partial charge in [0.25, 0.3) is 0 Å². The number of nitrogen functional groups attached to an aromatic ring is 1. The van der Waals surface area contributed by atoms with Crippen molar-refractivity contribution >= 4 is 22.8 Å². The Morgan fingerprint density at radius 1 is 1.19 bits per heavy atom. The number of nitrogens with two attached hydrogens (primary N) is 1. The van der Waals surface area contributed by atoms with E-state index in [9.17, 15) is 4.39 Å². The van der Waals surface area contributed by atoms with Gasteiger partial charge in [0.2, 0.25) is 0 Å². The first kappa shape index (κ1) is 13.5. The summed E-state index contributed by atoms with van der Waals surface area (Å²) in [5, 5.41) is 6.06. The lowest BCUT2D eigenvalue weighted by Gasteiger charge is -2.06. The van der Waals surface area contributed by atoms with Crippen molar-refractivity contribution in [3.05, 3.63) is 59.5 Å². The van der Waals surface area contributed by atoms with Gasteiger partial charge in [-0.3, -0.25) is 4.98 Å². The number of hydrogen-bond acceptors (Lipinski definition) is 5. The average molecular weight is 300 g/mol. The van der Waals surface area contributed by atoms with Gasteiger partial charge in [-0.15, -0.1) is 11.3 Å². The number of hydrogen-bond donors (Lipinski definition) is 2. The van der Waals surface area contributed by atoms with Crippen molar-refractivity contribution in [3.63, 3.8) is 0 Å². The van der Waals surface area contributed by atoms with E-state index in [-0.39, 0.29) is 5.82 Å². The smallest absolute Gasteiger partial charge is 0.138 e. The second-order valence-electron chi connectivity index (χ2n) is 4.47. The predicted octanol–water partition coefficient (Wildman–Crippen LogP) is 3.54. The second-order valence-corrected chi connectivity index (χ2v) is 5.33. The fourth-order valence-electron chi connectivity index (χ4n) is 1.89. The van der Waals surface area contributed by atoms with Crippen molar-refractivity contribution in [2.24, 2.45) is 0 Å². The van der Waals surface area contributed by atoms with E-state index in [0.29, 0.717) is 12.2 Å². The van der Waals surface area contributed by atoms with Crippen LogP contribution in [0.4, 0.5) is 15.9 Å². The van der Waals surface area contributed by atoms with Crippen LogP contribution in [0.2, 0.25) is 0 Å². The number of thiazole rings is 1. The van der Waals surface area contributed by atoms with Crippen LogP contribution in [0, 0.1) is 5.82 Å². The van der Waals surface area contributed by atoms with Crippen LogP contribution < -0.4 is 11.1 Å². The van der Waals surface area contributed by atoms with E-state index in [1.54, 1.807) is 29.8 Å². The van der Waals surface area contributed by atoms with Gasteiger partial charge in [0.1, 0.15) is 16.6 Å². The Morgan fingerprint density at radius 2 is 2.00 bits per heavy atom. The largest absolute Gasteiger partial charge is 0.398 e. The van der Waals surface area contributed by atoms with E-state index in [0.717, 1.165) is 22.0 Å². The molecule has 2 aromatic heterocycles. The van der Waals surface area contributed by atoms with Crippen molar-refractivity contribution in [2.75, 3.05) is 11.1 Å². The molecule has 21 heavy (non-hydrogen) atoms. The SMILES string of the molecule is Nc1cc(F)ccc1CNc1csc(-c2ccncc2)n1. The molecule has 106 valence electrons. The number of aromatic nitrogens is 2. The van der Waals surface area contributed by atoms with Crippen LogP contribution in [-0.4, -0.2) is 9.97 Å². The molecule has 2 heterocycles. The van der Waals surface area contributed by atoms with E-state index in [4.69, 9.17) is 5.73 Å². The monoisotopic (exact) mass is 300 g/mol. The average Bonchev–Trinajstić information content (AvgIpc) is 2.96. The van der Waals surface area contributed by atoms with Crippen molar-refractivity contribution in [1.82, 2.24) is 9.97 Å². The van der Waals surface area contributed by atoms with Crippen LogP contribution in [0.1, 0.15) is 5.56 Å². The van der Waals surface area contributed by atoms with Crippen LogP contribution in [0.15, 0.2) is 48.1 Å². The first-order chi connectivity index (χ1) is 10.2. The minimum Gasteiger partial charge on any atom is -0.398 e. The Bertz CT molecular complexity index is 742. The lowest BCUT2D eigenvalue weighted by Crippen LogP contribution is -2.03. The zero-order valence-corrected chi connectivity index (χ0v) is 11.9. The molecule has 1 aromatic carbocycles. The van der Waals surface area contributed by atoms with Crippen LogP contribution in [-0.2, 0) is 6.54 Å². The number of nitrogens with one attached hydrogen (secondary N) is 1. The highest BCUT2D eigenvalue weighted by molar-refractivity contribution is 7.13. The zero-order valence-electron chi connectivity index (χ0n) is 11.1. The van der Waals surface area contributed by atoms with Crippen LogP contribution in [0.5, 0.6) is 0 Å². The van der Waals surface area contributed by atoms with Gasteiger partial charge in [-0.2, -0.15) is 0 Å². The number of benzene rings is 1. The Labute approximate surface area is 125 Å². The molecular weight excluding hydrogens is 287 g/mol. The summed E-state index contributed by atoms with van der Waals surface area (Å²) in [5.41, 5.74) is 8.09. The number of nitrogens with zero attached hydrogens (tertiary/aromatic N) is 2. The summed E-state index contributed by atoms with van der Waals surface area (Å²) in [4.78, 5) is 8.49. The molecule has 6 heteroatoms. The summed E-state index contributed by atoms with van der Waals surface area (Å²) in [6, 6.07) is 8.23. The molecule has 3 aromatic rings. The van der Waals surface area contributed by atoms with E-state index >= 15 is 0 Å². The molecule has 0 saturated heterocycles. The molecule has 0 radical (unpaired) electrons. The third-order valence-electron chi connectivity index (χ3n) is 3.00. The maximum atomic E-state index is 13.0. The third-order valence-corrected chi connectivity index (χ3v) is 3.89. The molecule has 3 rings (SSSR count). The Morgan fingerprint density at radius 3 is 2.76 bits per heavy atom. The summed E-state index contributed by atoms with van der Waals surface area (Å²) in [7, 11) is 0. The molecule has 3 N–H and O–H groups in total.